The first-order valence-corrected chi connectivity index (χ1v) is 6.47. The summed E-state index contributed by atoms with van der Waals surface area (Å²) >= 11 is 3.45. The Morgan fingerprint density at radius 1 is 1.11 bits per heavy atom. The van der Waals surface area contributed by atoms with Crippen LogP contribution in [0.2, 0.25) is 0 Å². The summed E-state index contributed by atoms with van der Waals surface area (Å²) in [4.78, 5) is 0. The van der Waals surface area contributed by atoms with Gasteiger partial charge in [-0.05, 0) is 34.1 Å². The van der Waals surface area contributed by atoms with Crippen LogP contribution in [0.25, 0.3) is 0 Å². The van der Waals surface area contributed by atoms with Gasteiger partial charge in [-0.15, -0.1) is 0 Å². The molecule has 94 valence electrons. The summed E-state index contributed by atoms with van der Waals surface area (Å²) in [6.07, 6.45) is 0. The molecule has 0 aliphatic carbocycles. The molecule has 4 heteroatoms. The third-order valence-corrected chi connectivity index (χ3v) is 3.41. The highest BCUT2D eigenvalue weighted by Crippen LogP contribution is 2.26. The lowest BCUT2D eigenvalue weighted by molar-refractivity contribution is 0.593. The maximum absolute atomic E-state index is 13.7. The van der Waals surface area contributed by atoms with Crippen molar-refractivity contribution in [2.75, 3.05) is 11.9 Å². The first-order valence-electron chi connectivity index (χ1n) is 5.68. The van der Waals surface area contributed by atoms with Crippen molar-refractivity contribution in [3.8, 4) is 0 Å². The van der Waals surface area contributed by atoms with Gasteiger partial charge in [0.1, 0.15) is 5.82 Å². The van der Waals surface area contributed by atoms with E-state index in [0.717, 1.165) is 10.2 Å². The van der Waals surface area contributed by atoms with Crippen LogP contribution in [0.4, 0.5) is 10.1 Å². The number of anilines is 1. The molecular formula is C14H14BrFN2. The molecule has 0 fully saturated rings. The zero-order chi connectivity index (χ0) is 13.0. The summed E-state index contributed by atoms with van der Waals surface area (Å²) < 4.78 is 14.7. The van der Waals surface area contributed by atoms with E-state index in [1.807, 2.05) is 30.3 Å². The predicted molar refractivity (Wildman–Crippen MR) is 76.0 cm³/mol. The quantitative estimate of drug-likeness (QED) is 0.904. The molecule has 0 heterocycles. The summed E-state index contributed by atoms with van der Waals surface area (Å²) in [6.45, 7) is 0.322. The third kappa shape index (κ3) is 2.89. The average Bonchev–Trinajstić information content (AvgIpc) is 2.39. The van der Waals surface area contributed by atoms with Gasteiger partial charge in [0.25, 0.3) is 0 Å². The van der Waals surface area contributed by atoms with Crippen molar-refractivity contribution in [3.05, 3.63) is 64.4 Å². The van der Waals surface area contributed by atoms with Crippen molar-refractivity contribution in [2.45, 2.75) is 6.04 Å². The van der Waals surface area contributed by atoms with Crippen molar-refractivity contribution < 1.29 is 4.39 Å². The van der Waals surface area contributed by atoms with Crippen molar-refractivity contribution in [3.63, 3.8) is 0 Å². The topological polar surface area (TPSA) is 38.0 Å². The maximum Gasteiger partial charge on any atom is 0.128 e. The molecule has 0 bridgehead atoms. The maximum atomic E-state index is 13.7. The van der Waals surface area contributed by atoms with Gasteiger partial charge in [-0.3, -0.25) is 0 Å². The molecule has 2 rings (SSSR count). The second-order valence-corrected chi connectivity index (χ2v) is 4.79. The molecule has 0 aromatic heterocycles. The first kappa shape index (κ1) is 13.1. The minimum atomic E-state index is -0.245. The largest absolute Gasteiger partial charge is 0.376 e. The van der Waals surface area contributed by atoms with Crippen molar-refractivity contribution in [1.29, 1.82) is 0 Å². The Morgan fingerprint density at radius 2 is 1.78 bits per heavy atom. The monoisotopic (exact) mass is 308 g/mol. The molecule has 0 radical (unpaired) electrons. The zero-order valence-corrected chi connectivity index (χ0v) is 11.3. The number of hydrogen-bond donors (Lipinski definition) is 2. The van der Waals surface area contributed by atoms with E-state index in [1.54, 1.807) is 12.1 Å². The highest BCUT2D eigenvalue weighted by atomic mass is 79.9. The van der Waals surface area contributed by atoms with Crippen molar-refractivity contribution in [2.24, 2.45) is 5.73 Å². The average molecular weight is 309 g/mol. The van der Waals surface area contributed by atoms with Crippen LogP contribution in [0.3, 0.4) is 0 Å². The number of nitrogens with two attached hydrogens (primary N) is 1. The van der Waals surface area contributed by atoms with Gasteiger partial charge in [-0.25, -0.2) is 4.39 Å². The minimum absolute atomic E-state index is 0.243. The third-order valence-electron chi connectivity index (χ3n) is 2.72. The van der Waals surface area contributed by atoms with Gasteiger partial charge in [-0.1, -0.05) is 30.3 Å². The van der Waals surface area contributed by atoms with E-state index in [9.17, 15) is 4.39 Å². The van der Waals surface area contributed by atoms with E-state index in [-0.39, 0.29) is 11.9 Å². The number of hydrogen-bond acceptors (Lipinski definition) is 2. The Morgan fingerprint density at radius 3 is 2.44 bits per heavy atom. The highest BCUT2D eigenvalue weighted by Gasteiger charge is 2.14. The molecule has 2 nitrogen and oxygen atoms in total. The number of nitrogens with one attached hydrogen (secondary N) is 1. The summed E-state index contributed by atoms with van der Waals surface area (Å²) in [5.41, 5.74) is 7.21. The smallest absolute Gasteiger partial charge is 0.128 e. The highest BCUT2D eigenvalue weighted by molar-refractivity contribution is 9.10. The predicted octanol–water partition coefficient (Wildman–Crippen LogP) is 3.70. The molecule has 2 aromatic carbocycles. The van der Waals surface area contributed by atoms with Gasteiger partial charge in [0, 0.05) is 22.3 Å². The second-order valence-electron chi connectivity index (χ2n) is 3.93. The summed E-state index contributed by atoms with van der Waals surface area (Å²) in [5, 5.41) is 3.24. The summed E-state index contributed by atoms with van der Waals surface area (Å²) in [7, 11) is 0. The molecule has 0 saturated carbocycles. The Hall–Kier alpha value is -1.39. The number of rotatable bonds is 4. The number of benzene rings is 2. The van der Waals surface area contributed by atoms with Crippen molar-refractivity contribution in [1.82, 2.24) is 0 Å². The van der Waals surface area contributed by atoms with Crippen LogP contribution in [0.15, 0.2) is 53.0 Å². The minimum Gasteiger partial charge on any atom is -0.376 e. The summed E-state index contributed by atoms with van der Waals surface area (Å²) in [5.74, 6) is -0.243. The molecule has 2 aromatic rings. The van der Waals surface area contributed by atoms with Crippen LogP contribution in [0, 0.1) is 5.82 Å². The van der Waals surface area contributed by atoms with E-state index in [0.29, 0.717) is 12.1 Å². The van der Waals surface area contributed by atoms with E-state index in [4.69, 9.17) is 5.73 Å². The van der Waals surface area contributed by atoms with Gasteiger partial charge in [0.05, 0.1) is 6.04 Å². The van der Waals surface area contributed by atoms with Gasteiger partial charge in [0.15, 0.2) is 0 Å². The molecule has 0 aliphatic heterocycles. The standard InChI is InChI=1S/C14H14BrFN2/c15-11-6-2-4-8-13(11)18-14(9-17)10-5-1-3-7-12(10)16/h1-8,14,18H,9,17H2. The second kappa shape index (κ2) is 5.98. The van der Waals surface area contributed by atoms with Crippen molar-refractivity contribution >= 4 is 21.6 Å². The Kier molecular flexibility index (Phi) is 4.33. The van der Waals surface area contributed by atoms with E-state index in [2.05, 4.69) is 21.2 Å². The summed E-state index contributed by atoms with van der Waals surface area (Å²) in [6, 6.07) is 14.1. The van der Waals surface area contributed by atoms with Crippen LogP contribution in [-0.4, -0.2) is 6.54 Å². The molecule has 0 aliphatic rings. The lowest BCUT2D eigenvalue weighted by Crippen LogP contribution is -2.21. The molecule has 1 atom stereocenters. The fourth-order valence-corrected chi connectivity index (χ4v) is 2.19. The normalized spacial score (nSPS) is 12.2. The molecule has 18 heavy (non-hydrogen) atoms. The molecule has 3 N–H and O–H groups in total. The fourth-order valence-electron chi connectivity index (χ4n) is 1.79. The van der Waals surface area contributed by atoms with Gasteiger partial charge in [-0.2, -0.15) is 0 Å². The Balaban J connectivity index is 2.26. The molecular weight excluding hydrogens is 295 g/mol. The SMILES string of the molecule is NCC(Nc1ccccc1Br)c1ccccc1F. The van der Waals surface area contributed by atoms with E-state index < -0.39 is 0 Å². The molecule has 0 amide bonds. The Labute approximate surface area is 114 Å². The van der Waals surface area contributed by atoms with Crippen LogP contribution >= 0.6 is 15.9 Å². The number of halogens is 2. The van der Waals surface area contributed by atoms with E-state index in [1.165, 1.54) is 6.07 Å². The lowest BCUT2D eigenvalue weighted by Gasteiger charge is -2.20. The van der Waals surface area contributed by atoms with Crippen LogP contribution in [0.1, 0.15) is 11.6 Å². The first-order chi connectivity index (χ1) is 8.72. The molecule has 0 spiro atoms. The Bertz CT molecular complexity index is 531. The van der Waals surface area contributed by atoms with Crippen LogP contribution in [-0.2, 0) is 0 Å². The lowest BCUT2D eigenvalue weighted by atomic mass is 10.1. The van der Waals surface area contributed by atoms with Gasteiger partial charge < -0.3 is 11.1 Å². The molecule has 1 unspecified atom stereocenters. The van der Waals surface area contributed by atoms with Gasteiger partial charge >= 0.3 is 0 Å². The number of para-hydroxylation sites is 1. The molecule has 0 saturated heterocycles. The fraction of sp³-hybridized carbons (Fsp3) is 0.143. The van der Waals surface area contributed by atoms with E-state index >= 15 is 0 Å². The van der Waals surface area contributed by atoms with Crippen LogP contribution < -0.4 is 11.1 Å². The van der Waals surface area contributed by atoms with Crippen LogP contribution in [0.5, 0.6) is 0 Å². The zero-order valence-electron chi connectivity index (χ0n) is 9.74. The van der Waals surface area contributed by atoms with Gasteiger partial charge in [0.2, 0.25) is 0 Å².